The molecule has 3 nitrogen and oxygen atoms in total. The minimum absolute atomic E-state index is 0.0827. The zero-order valence-corrected chi connectivity index (χ0v) is 10.5. The molecule has 0 aromatic heterocycles. The van der Waals surface area contributed by atoms with Crippen LogP contribution in [0.3, 0.4) is 0 Å². The molecule has 0 aromatic rings. The summed E-state index contributed by atoms with van der Waals surface area (Å²) in [7, 11) is 0. The van der Waals surface area contributed by atoms with Gasteiger partial charge in [0.25, 0.3) is 0 Å². The highest BCUT2D eigenvalue weighted by molar-refractivity contribution is 8.00. The highest BCUT2D eigenvalue weighted by Gasteiger charge is 2.33. The fraction of sp³-hybridized carbons (Fsp3) is 1.00. The molecule has 2 fully saturated rings. The minimum atomic E-state index is -4.08. The van der Waals surface area contributed by atoms with Crippen molar-refractivity contribution in [3.8, 4) is 0 Å². The number of alkyl halides is 3. The number of hydrogen-bond donors (Lipinski definition) is 1. The molecule has 0 amide bonds. The van der Waals surface area contributed by atoms with E-state index in [9.17, 15) is 13.2 Å². The largest absolute Gasteiger partial charge is 0.441 e. The standard InChI is InChI=1S/C10H18F3N3S/c11-10(12,13)17-6-5-15-7-9(8-15)16-3-1-14-2-4-16/h9,14H,1-8H2. The van der Waals surface area contributed by atoms with Crippen LogP contribution in [0, 0.1) is 0 Å². The highest BCUT2D eigenvalue weighted by atomic mass is 32.2. The van der Waals surface area contributed by atoms with Gasteiger partial charge in [-0.15, -0.1) is 0 Å². The van der Waals surface area contributed by atoms with E-state index in [0.717, 1.165) is 39.3 Å². The molecule has 0 saturated carbocycles. The van der Waals surface area contributed by atoms with E-state index in [0.29, 0.717) is 12.6 Å². The molecule has 0 atom stereocenters. The maximum atomic E-state index is 11.9. The van der Waals surface area contributed by atoms with Gasteiger partial charge >= 0.3 is 5.51 Å². The first-order chi connectivity index (χ1) is 8.04. The Balaban J connectivity index is 1.56. The molecule has 2 rings (SSSR count). The summed E-state index contributed by atoms with van der Waals surface area (Å²) in [6.07, 6.45) is 0. The SMILES string of the molecule is FC(F)(F)SCCN1CC(N2CCNCC2)C1. The van der Waals surface area contributed by atoms with Gasteiger partial charge in [-0.1, -0.05) is 0 Å². The lowest BCUT2D eigenvalue weighted by molar-refractivity contribution is -0.0331. The smallest absolute Gasteiger partial charge is 0.314 e. The predicted octanol–water partition coefficient (Wildman–Crippen LogP) is 0.829. The normalized spacial score (nSPS) is 24.9. The van der Waals surface area contributed by atoms with Crippen molar-refractivity contribution in [2.75, 3.05) is 51.6 Å². The number of thioether (sulfide) groups is 1. The Labute approximate surface area is 104 Å². The molecule has 2 aliphatic heterocycles. The summed E-state index contributed by atoms with van der Waals surface area (Å²) in [5.41, 5.74) is -4.08. The number of halogens is 3. The second kappa shape index (κ2) is 5.77. The van der Waals surface area contributed by atoms with Crippen LogP contribution in [0.2, 0.25) is 0 Å². The molecule has 1 N–H and O–H groups in total. The quantitative estimate of drug-likeness (QED) is 0.814. The van der Waals surface area contributed by atoms with Crippen LogP contribution in [-0.4, -0.2) is 72.9 Å². The molecule has 2 heterocycles. The average Bonchev–Trinajstić information content (AvgIpc) is 2.21. The number of piperazine rings is 1. The molecular formula is C10H18F3N3S. The lowest BCUT2D eigenvalue weighted by atomic mass is 10.1. The summed E-state index contributed by atoms with van der Waals surface area (Å²) < 4.78 is 35.8. The summed E-state index contributed by atoms with van der Waals surface area (Å²) in [6, 6.07) is 0.563. The molecule has 0 aliphatic carbocycles. The lowest BCUT2D eigenvalue weighted by Crippen LogP contribution is -2.62. The van der Waals surface area contributed by atoms with E-state index in [1.165, 1.54) is 0 Å². The maximum Gasteiger partial charge on any atom is 0.441 e. The van der Waals surface area contributed by atoms with Crippen molar-refractivity contribution in [1.82, 2.24) is 15.1 Å². The first-order valence-electron chi connectivity index (χ1n) is 5.92. The van der Waals surface area contributed by atoms with Crippen LogP contribution in [-0.2, 0) is 0 Å². The Kier molecular flexibility index (Phi) is 4.57. The van der Waals surface area contributed by atoms with Gasteiger partial charge in [-0.25, -0.2) is 0 Å². The van der Waals surface area contributed by atoms with E-state index in [-0.39, 0.29) is 17.5 Å². The van der Waals surface area contributed by atoms with Gasteiger partial charge in [0.05, 0.1) is 0 Å². The van der Waals surface area contributed by atoms with Gasteiger partial charge in [-0.2, -0.15) is 13.2 Å². The topological polar surface area (TPSA) is 18.5 Å². The van der Waals surface area contributed by atoms with E-state index in [1.54, 1.807) is 0 Å². The van der Waals surface area contributed by atoms with Crippen LogP contribution in [0.25, 0.3) is 0 Å². The summed E-state index contributed by atoms with van der Waals surface area (Å²) >= 11 is 0.0827. The van der Waals surface area contributed by atoms with Crippen LogP contribution < -0.4 is 5.32 Å². The van der Waals surface area contributed by atoms with Crippen LogP contribution >= 0.6 is 11.8 Å². The first-order valence-corrected chi connectivity index (χ1v) is 6.91. The summed E-state index contributed by atoms with van der Waals surface area (Å²) in [4.78, 5) is 4.54. The molecule has 0 unspecified atom stereocenters. The zero-order chi connectivity index (χ0) is 12.3. The van der Waals surface area contributed by atoms with Crippen LogP contribution in [0.1, 0.15) is 0 Å². The second-order valence-electron chi connectivity index (χ2n) is 4.49. The molecule has 100 valence electrons. The monoisotopic (exact) mass is 269 g/mol. The lowest BCUT2D eigenvalue weighted by Gasteiger charge is -2.46. The van der Waals surface area contributed by atoms with Crippen LogP contribution in [0.15, 0.2) is 0 Å². The number of hydrogen-bond acceptors (Lipinski definition) is 4. The Hall–Kier alpha value is 0.0200. The molecule has 0 aromatic carbocycles. The Bertz CT molecular complexity index is 237. The predicted molar refractivity (Wildman–Crippen MR) is 63.2 cm³/mol. The minimum Gasteiger partial charge on any atom is -0.314 e. The van der Waals surface area contributed by atoms with E-state index in [4.69, 9.17) is 0 Å². The third kappa shape index (κ3) is 4.31. The van der Waals surface area contributed by atoms with Crippen molar-refractivity contribution in [2.24, 2.45) is 0 Å². The van der Waals surface area contributed by atoms with Gasteiger partial charge < -0.3 is 5.32 Å². The van der Waals surface area contributed by atoms with Gasteiger partial charge in [0, 0.05) is 57.6 Å². The Morgan fingerprint density at radius 2 is 1.82 bits per heavy atom. The van der Waals surface area contributed by atoms with Crippen molar-refractivity contribution in [3.05, 3.63) is 0 Å². The summed E-state index contributed by atoms with van der Waals surface area (Å²) in [6.45, 7) is 6.59. The van der Waals surface area contributed by atoms with Gasteiger partial charge in [0.1, 0.15) is 0 Å². The molecule has 2 saturated heterocycles. The fourth-order valence-electron chi connectivity index (χ4n) is 2.29. The van der Waals surface area contributed by atoms with E-state index in [1.807, 2.05) is 0 Å². The van der Waals surface area contributed by atoms with Crippen molar-refractivity contribution in [1.29, 1.82) is 0 Å². The molecule has 7 heteroatoms. The third-order valence-corrected chi connectivity index (χ3v) is 3.99. The molecule has 17 heavy (non-hydrogen) atoms. The van der Waals surface area contributed by atoms with Crippen LogP contribution in [0.5, 0.6) is 0 Å². The maximum absolute atomic E-state index is 11.9. The van der Waals surface area contributed by atoms with Gasteiger partial charge in [0.15, 0.2) is 0 Å². The Morgan fingerprint density at radius 1 is 1.18 bits per heavy atom. The summed E-state index contributed by atoms with van der Waals surface area (Å²) in [5, 5.41) is 3.30. The average molecular weight is 269 g/mol. The molecule has 0 bridgehead atoms. The zero-order valence-electron chi connectivity index (χ0n) is 9.67. The van der Waals surface area contributed by atoms with E-state index < -0.39 is 5.51 Å². The van der Waals surface area contributed by atoms with Gasteiger partial charge in [-0.3, -0.25) is 9.80 Å². The van der Waals surface area contributed by atoms with Crippen molar-refractivity contribution < 1.29 is 13.2 Å². The van der Waals surface area contributed by atoms with Crippen LogP contribution in [0.4, 0.5) is 13.2 Å². The number of likely N-dealkylation sites (tertiary alicyclic amines) is 1. The highest BCUT2D eigenvalue weighted by Crippen LogP contribution is 2.30. The first kappa shape index (κ1) is 13.5. The Morgan fingerprint density at radius 3 is 2.41 bits per heavy atom. The molecular weight excluding hydrogens is 251 g/mol. The number of rotatable bonds is 4. The summed E-state index contributed by atoms with van der Waals surface area (Å²) in [5.74, 6) is 0.151. The fourth-order valence-corrected chi connectivity index (χ4v) is 2.87. The number of nitrogens with one attached hydrogen (secondary N) is 1. The second-order valence-corrected chi connectivity index (χ2v) is 5.65. The molecule has 0 radical (unpaired) electrons. The van der Waals surface area contributed by atoms with Gasteiger partial charge in [0.2, 0.25) is 0 Å². The van der Waals surface area contributed by atoms with Crippen molar-refractivity contribution in [3.63, 3.8) is 0 Å². The van der Waals surface area contributed by atoms with E-state index in [2.05, 4.69) is 15.1 Å². The molecule has 2 aliphatic rings. The van der Waals surface area contributed by atoms with Crippen molar-refractivity contribution in [2.45, 2.75) is 11.6 Å². The van der Waals surface area contributed by atoms with E-state index >= 15 is 0 Å². The van der Waals surface area contributed by atoms with Crippen molar-refractivity contribution >= 4 is 11.8 Å². The third-order valence-electron chi connectivity index (χ3n) is 3.28. The van der Waals surface area contributed by atoms with Gasteiger partial charge in [-0.05, 0) is 11.8 Å². The number of nitrogens with zero attached hydrogens (tertiary/aromatic N) is 2. The molecule has 0 spiro atoms.